The van der Waals surface area contributed by atoms with Gasteiger partial charge in [-0.1, -0.05) is 32.9 Å². The minimum atomic E-state index is -3.67. The summed E-state index contributed by atoms with van der Waals surface area (Å²) in [7, 11) is -4.10. The van der Waals surface area contributed by atoms with Crippen LogP contribution in [-0.2, 0) is 30.3 Å². The highest BCUT2D eigenvalue weighted by Crippen LogP contribution is 2.51. The number of benzene rings is 1. The van der Waals surface area contributed by atoms with Crippen molar-refractivity contribution < 1.29 is 31.8 Å². The van der Waals surface area contributed by atoms with Gasteiger partial charge in [-0.3, -0.25) is 5.32 Å². The molecule has 2 aliphatic heterocycles. The van der Waals surface area contributed by atoms with E-state index in [0.29, 0.717) is 12.2 Å². The van der Waals surface area contributed by atoms with Crippen molar-refractivity contribution in [2.24, 2.45) is 0 Å². The Bertz CT molecular complexity index is 1330. The van der Waals surface area contributed by atoms with E-state index in [0.717, 1.165) is 17.6 Å². The van der Waals surface area contributed by atoms with Crippen LogP contribution in [0.2, 0.25) is 18.1 Å². The molecule has 10 nitrogen and oxygen atoms in total. The minimum absolute atomic E-state index is 0.0540. The first kappa shape index (κ1) is 30.9. The third-order valence-corrected chi connectivity index (χ3v) is 13.5. The highest BCUT2D eigenvalue weighted by atomic mass is 32.2. The zero-order valence-corrected chi connectivity index (χ0v) is 27.0. The first-order chi connectivity index (χ1) is 18.4. The Labute approximate surface area is 239 Å². The summed E-state index contributed by atoms with van der Waals surface area (Å²) in [6.45, 7) is 17.5. The predicted octanol–water partition coefficient (Wildman–Crippen LogP) is 4.41. The third kappa shape index (κ3) is 6.21. The molecule has 0 radical (unpaired) electrons. The van der Waals surface area contributed by atoms with Crippen molar-refractivity contribution in [1.29, 1.82) is 0 Å². The second kappa shape index (κ2) is 10.6. The largest absolute Gasteiger partial charge is 0.497 e. The molecule has 3 heterocycles. The maximum absolute atomic E-state index is 12.3. The van der Waals surface area contributed by atoms with E-state index >= 15 is 0 Å². The summed E-state index contributed by atoms with van der Waals surface area (Å²) in [4.78, 5) is 8.56. The normalized spacial score (nSPS) is 26.5. The Balaban J connectivity index is 1.69. The average molecular weight is 594 g/mol. The zero-order valence-electron chi connectivity index (χ0n) is 25.2. The molecular formula is C28H43N3O7SSi. The van der Waals surface area contributed by atoms with Crippen molar-refractivity contribution in [2.45, 2.75) is 101 Å². The van der Waals surface area contributed by atoms with Crippen LogP contribution in [0.25, 0.3) is 0 Å². The standard InChI is InChI=1S/C28H43N3O7SSi/c1-26(2,3)40(9,10)36-17-21-23-28(6,38-27(4,5)37-23)22(30-21)20-15-29-25(39(8,32)33)31-24(20)35-16-18-11-13-19(34-7)14-12-18/h11-15,21-23,30H,16-17H2,1-10H3/t21?,22-,23+,28-/m0/s1. The fourth-order valence-corrected chi connectivity index (χ4v) is 6.50. The number of aromatic nitrogens is 2. The van der Waals surface area contributed by atoms with Gasteiger partial charge in [0.1, 0.15) is 24.1 Å². The topological polar surface area (TPSA) is 118 Å². The quantitative estimate of drug-likeness (QED) is 0.331. The zero-order chi connectivity index (χ0) is 29.7. The monoisotopic (exact) mass is 593 g/mol. The van der Waals surface area contributed by atoms with Crippen molar-refractivity contribution in [2.75, 3.05) is 20.0 Å². The number of nitrogens with zero attached hydrogens (tertiary/aromatic N) is 2. The van der Waals surface area contributed by atoms with E-state index in [9.17, 15) is 8.42 Å². The van der Waals surface area contributed by atoms with Crippen molar-refractivity contribution in [1.82, 2.24) is 15.3 Å². The molecular weight excluding hydrogens is 550 g/mol. The Morgan fingerprint density at radius 3 is 2.35 bits per heavy atom. The maximum atomic E-state index is 12.3. The van der Waals surface area contributed by atoms with Crippen molar-refractivity contribution in [3.05, 3.63) is 41.6 Å². The van der Waals surface area contributed by atoms with E-state index in [1.165, 1.54) is 6.20 Å². The first-order valence-electron chi connectivity index (χ1n) is 13.5. The number of hydrogen-bond acceptors (Lipinski definition) is 10. The molecule has 2 fully saturated rings. The van der Waals surface area contributed by atoms with Crippen LogP contribution in [0.15, 0.2) is 35.6 Å². The van der Waals surface area contributed by atoms with Gasteiger partial charge in [0.05, 0.1) is 31.4 Å². The Morgan fingerprint density at radius 2 is 1.77 bits per heavy atom. The van der Waals surface area contributed by atoms with E-state index < -0.39 is 35.6 Å². The van der Waals surface area contributed by atoms with Gasteiger partial charge in [-0.05, 0) is 56.6 Å². The molecule has 12 heteroatoms. The molecule has 1 aromatic heterocycles. The molecule has 4 atom stereocenters. The highest BCUT2D eigenvalue weighted by molar-refractivity contribution is 7.90. The number of sulfone groups is 1. The lowest BCUT2D eigenvalue weighted by atomic mass is 9.89. The van der Waals surface area contributed by atoms with Crippen LogP contribution in [0.1, 0.15) is 58.7 Å². The van der Waals surface area contributed by atoms with E-state index in [1.807, 2.05) is 45.0 Å². The molecule has 2 aliphatic rings. The summed E-state index contributed by atoms with van der Waals surface area (Å²) in [6, 6.07) is 6.80. The number of rotatable bonds is 9. The molecule has 1 unspecified atom stereocenters. The molecule has 0 spiro atoms. The average Bonchev–Trinajstić information content (AvgIpc) is 3.25. The van der Waals surface area contributed by atoms with Gasteiger partial charge < -0.3 is 23.4 Å². The molecule has 2 saturated heterocycles. The lowest BCUT2D eigenvalue weighted by Crippen LogP contribution is -2.47. The van der Waals surface area contributed by atoms with E-state index in [2.05, 4.69) is 49.1 Å². The van der Waals surface area contributed by atoms with E-state index in [4.69, 9.17) is 23.4 Å². The van der Waals surface area contributed by atoms with Crippen LogP contribution >= 0.6 is 0 Å². The van der Waals surface area contributed by atoms with Crippen LogP contribution in [-0.4, -0.2) is 70.2 Å². The molecule has 0 saturated carbocycles. The van der Waals surface area contributed by atoms with Crippen molar-refractivity contribution in [3.8, 4) is 11.6 Å². The van der Waals surface area contributed by atoms with Gasteiger partial charge in [0.25, 0.3) is 0 Å². The molecule has 0 bridgehead atoms. The minimum Gasteiger partial charge on any atom is -0.497 e. The Morgan fingerprint density at radius 1 is 1.12 bits per heavy atom. The van der Waals surface area contributed by atoms with Gasteiger partial charge >= 0.3 is 0 Å². The Kier molecular flexibility index (Phi) is 8.20. The third-order valence-electron chi connectivity index (χ3n) is 8.13. The SMILES string of the molecule is COc1ccc(COc2nc(S(C)(=O)=O)ncc2[C@@H]2NC(CO[Si](C)(C)C(C)(C)C)[C@H]3OC(C)(C)O[C@]32C)cc1. The van der Waals surface area contributed by atoms with Gasteiger partial charge in [-0.25, -0.2) is 13.4 Å². The molecule has 4 rings (SSSR count). The van der Waals surface area contributed by atoms with Gasteiger partial charge in [-0.15, -0.1) is 0 Å². The Hall–Kier alpha value is -2.09. The molecule has 0 aliphatic carbocycles. The smallest absolute Gasteiger partial charge is 0.250 e. The second-order valence-electron chi connectivity index (χ2n) is 12.8. The first-order valence-corrected chi connectivity index (χ1v) is 18.3. The van der Waals surface area contributed by atoms with Crippen LogP contribution < -0.4 is 14.8 Å². The molecule has 1 N–H and O–H groups in total. The van der Waals surface area contributed by atoms with E-state index in [-0.39, 0.29) is 34.8 Å². The van der Waals surface area contributed by atoms with Gasteiger partial charge in [0, 0.05) is 12.5 Å². The summed E-state index contributed by atoms with van der Waals surface area (Å²) in [5, 5.41) is 3.40. The summed E-state index contributed by atoms with van der Waals surface area (Å²) < 4.78 is 55.6. The number of ether oxygens (including phenoxy) is 4. The summed E-state index contributed by atoms with van der Waals surface area (Å²) in [6.07, 6.45) is 2.25. The van der Waals surface area contributed by atoms with Crippen molar-refractivity contribution >= 4 is 18.2 Å². The predicted molar refractivity (Wildman–Crippen MR) is 154 cm³/mol. The van der Waals surface area contributed by atoms with Gasteiger partial charge in [0.15, 0.2) is 14.1 Å². The van der Waals surface area contributed by atoms with Crippen LogP contribution in [0.4, 0.5) is 0 Å². The molecule has 40 heavy (non-hydrogen) atoms. The van der Waals surface area contributed by atoms with Crippen LogP contribution in [0.3, 0.4) is 0 Å². The molecule has 2 aromatic rings. The maximum Gasteiger partial charge on any atom is 0.250 e. The lowest BCUT2D eigenvalue weighted by molar-refractivity contribution is -0.172. The fourth-order valence-electron chi connectivity index (χ4n) is 4.98. The molecule has 222 valence electrons. The molecule has 0 amide bonds. The summed E-state index contributed by atoms with van der Waals surface area (Å²) >= 11 is 0. The van der Waals surface area contributed by atoms with Gasteiger partial charge in [0.2, 0.25) is 20.9 Å². The van der Waals surface area contributed by atoms with E-state index in [1.54, 1.807) is 7.11 Å². The molecule has 1 aromatic carbocycles. The summed E-state index contributed by atoms with van der Waals surface area (Å²) in [5.41, 5.74) is 0.639. The lowest BCUT2D eigenvalue weighted by Gasteiger charge is -2.37. The van der Waals surface area contributed by atoms with Crippen molar-refractivity contribution in [3.63, 3.8) is 0 Å². The second-order valence-corrected chi connectivity index (χ2v) is 19.5. The highest BCUT2D eigenvalue weighted by Gasteiger charge is 2.63. The van der Waals surface area contributed by atoms with Gasteiger partial charge in [-0.2, -0.15) is 4.98 Å². The number of fused-ring (bicyclic) bond motifs is 1. The number of methoxy groups -OCH3 is 1. The number of hydrogen-bond donors (Lipinski definition) is 1. The summed E-state index contributed by atoms with van der Waals surface area (Å²) in [5.74, 6) is 0.0713. The van der Waals surface area contributed by atoms with Crippen LogP contribution in [0.5, 0.6) is 11.6 Å². The fraction of sp³-hybridized carbons (Fsp3) is 0.643. The van der Waals surface area contributed by atoms with Crippen LogP contribution in [0, 0.1) is 0 Å². The number of nitrogens with one attached hydrogen (secondary N) is 1.